The van der Waals surface area contributed by atoms with Crippen molar-refractivity contribution in [2.45, 2.75) is 19.9 Å². The molecule has 1 heterocycles. The first-order valence-corrected chi connectivity index (χ1v) is 9.59. The van der Waals surface area contributed by atoms with E-state index in [2.05, 4.69) is 50.3 Å². The zero-order valence-corrected chi connectivity index (χ0v) is 16.8. The van der Waals surface area contributed by atoms with Crippen LogP contribution in [0.5, 0.6) is 0 Å². The average molecular weight is 425 g/mol. The number of nitrogens with one attached hydrogen (secondary N) is 1. The summed E-state index contributed by atoms with van der Waals surface area (Å²) in [7, 11) is 0. The summed E-state index contributed by atoms with van der Waals surface area (Å²) in [6, 6.07) is 19.2. The second kappa shape index (κ2) is 8.77. The molecule has 27 heavy (non-hydrogen) atoms. The maximum atomic E-state index is 12.9. The molecule has 1 amide bonds. The van der Waals surface area contributed by atoms with Gasteiger partial charge in [0, 0.05) is 22.8 Å². The summed E-state index contributed by atoms with van der Waals surface area (Å²) < 4.78 is 0.867. The molecule has 1 N–H and O–H groups in total. The number of halogens is 1. The van der Waals surface area contributed by atoms with Crippen molar-refractivity contribution < 1.29 is 4.79 Å². The summed E-state index contributed by atoms with van der Waals surface area (Å²) in [5, 5.41) is 3.30. The molecule has 0 aliphatic rings. The van der Waals surface area contributed by atoms with Crippen LogP contribution in [0.3, 0.4) is 0 Å². The van der Waals surface area contributed by atoms with E-state index in [0.717, 1.165) is 10.0 Å². The first kappa shape index (κ1) is 19.0. The fourth-order valence-electron chi connectivity index (χ4n) is 2.77. The molecule has 5 nitrogen and oxygen atoms in total. The van der Waals surface area contributed by atoms with Crippen molar-refractivity contribution in [1.82, 2.24) is 9.97 Å². The lowest BCUT2D eigenvalue weighted by atomic mass is 10.1. The summed E-state index contributed by atoms with van der Waals surface area (Å²) in [5.74, 6) is 0.962. The molecule has 0 saturated carbocycles. The van der Waals surface area contributed by atoms with E-state index in [1.165, 1.54) is 0 Å². The monoisotopic (exact) mass is 424 g/mol. The molecule has 0 saturated heterocycles. The molecule has 1 atom stereocenters. The fraction of sp³-hybridized carbons (Fsp3) is 0.190. The molecule has 3 rings (SSSR count). The van der Waals surface area contributed by atoms with Gasteiger partial charge in [-0.15, -0.1) is 0 Å². The number of anilines is 2. The Hall–Kier alpha value is -2.73. The van der Waals surface area contributed by atoms with Gasteiger partial charge in [0.05, 0.1) is 6.04 Å². The van der Waals surface area contributed by atoms with Gasteiger partial charge in [0.15, 0.2) is 0 Å². The van der Waals surface area contributed by atoms with Gasteiger partial charge < -0.3 is 5.32 Å². The van der Waals surface area contributed by atoms with Gasteiger partial charge in [0.2, 0.25) is 5.95 Å². The Balaban J connectivity index is 1.81. The first-order valence-electron chi connectivity index (χ1n) is 8.80. The van der Waals surface area contributed by atoms with Gasteiger partial charge in [0.1, 0.15) is 5.82 Å². The molecular weight excluding hydrogens is 404 g/mol. The van der Waals surface area contributed by atoms with Crippen LogP contribution in [-0.2, 0) is 0 Å². The topological polar surface area (TPSA) is 58.1 Å². The smallest absolute Gasteiger partial charge is 0.259 e. The van der Waals surface area contributed by atoms with E-state index in [-0.39, 0.29) is 11.9 Å². The van der Waals surface area contributed by atoms with Crippen LogP contribution < -0.4 is 10.2 Å². The number of carbonyl (C=O) groups is 1. The number of hydrogen-bond acceptors (Lipinski definition) is 4. The molecule has 0 unspecified atom stereocenters. The molecule has 1 aromatic heterocycles. The van der Waals surface area contributed by atoms with Crippen molar-refractivity contribution in [2.24, 2.45) is 0 Å². The number of benzene rings is 2. The quantitative estimate of drug-likeness (QED) is 0.599. The Morgan fingerprint density at radius 1 is 1.15 bits per heavy atom. The van der Waals surface area contributed by atoms with Gasteiger partial charge in [-0.25, -0.2) is 4.98 Å². The molecule has 0 aliphatic carbocycles. The zero-order chi connectivity index (χ0) is 19.2. The van der Waals surface area contributed by atoms with Crippen LogP contribution in [0.4, 0.5) is 11.8 Å². The normalized spacial score (nSPS) is 11.7. The van der Waals surface area contributed by atoms with Crippen molar-refractivity contribution in [1.29, 1.82) is 0 Å². The molecule has 0 bridgehead atoms. The van der Waals surface area contributed by atoms with Crippen LogP contribution in [0.15, 0.2) is 71.3 Å². The molecule has 3 aromatic rings. The summed E-state index contributed by atoms with van der Waals surface area (Å²) in [4.78, 5) is 23.4. The molecule has 0 radical (unpaired) electrons. The molecule has 6 heteroatoms. The molecule has 0 spiro atoms. The van der Waals surface area contributed by atoms with Crippen molar-refractivity contribution in [3.05, 3.63) is 82.5 Å². The van der Waals surface area contributed by atoms with Crippen molar-refractivity contribution in [3.8, 4) is 0 Å². The number of aromatic nitrogens is 2. The predicted molar refractivity (Wildman–Crippen MR) is 112 cm³/mol. The van der Waals surface area contributed by atoms with Crippen molar-refractivity contribution in [3.63, 3.8) is 0 Å². The maximum Gasteiger partial charge on any atom is 0.259 e. The van der Waals surface area contributed by atoms with E-state index in [9.17, 15) is 4.79 Å². The van der Waals surface area contributed by atoms with Crippen LogP contribution in [0, 0.1) is 0 Å². The standard InChI is InChI=1S/C21H21BrN4O/c1-3-26(20(27)17-10-7-11-18(22)14-17)19-12-13-23-21(25-19)24-15(2)16-8-5-4-6-9-16/h4-15H,3H2,1-2H3,(H,23,24,25)/t15-/m1/s1. The molecule has 0 fully saturated rings. The number of nitrogens with zero attached hydrogens (tertiary/aromatic N) is 3. The minimum atomic E-state index is -0.0976. The van der Waals surface area contributed by atoms with Gasteiger partial charge in [-0.2, -0.15) is 4.98 Å². The maximum absolute atomic E-state index is 12.9. The van der Waals surface area contributed by atoms with Crippen molar-refractivity contribution >= 4 is 33.6 Å². The average Bonchev–Trinajstić information content (AvgIpc) is 2.69. The van der Waals surface area contributed by atoms with Gasteiger partial charge >= 0.3 is 0 Å². The minimum Gasteiger partial charge on any atom is -0.348 e. The highest BCUT2D eigenvalue weighted by atomic mass is 79.9. The number of rotatable bonds is 6. The largest absolute Gasteiger partial charge is 0.348 e. The SMILES string of the molecule is CCN(C(=O)c1cccc(Br)c1)c1ccnc(N[C@H](C)c2ccccc2)n1. The van der Waals surface area contributed by atoms with Crippen LogP contribution in [-0.4, -0.2) is 22.4 Å². The van der Waals surface area contributed by atoms with Crippen LogP contribution >= 0.6 is 15.9 Å². The van der Waals surface area contributed by atoms with Crippen LogP contribution in [0.1, 0.15) is 35.8 Å². The Labute approximate surface area is 167 Å². The number of hydrogen-bond donors (Lipinski definition) is 1. The number of carbonyl (C=O) groups excluding carboxylic acids is 1. The summed E-state index contributed by atoms with van der Waals surface area (Å²) in [5.41, 5.74) is 1.75. The van der Waals surface area contributed by atoms with Gasteiger partial charge in [-0.1, -0.05) is 52.3 Å². The molecule has 2 aromatic carbocycles. The lowest BCUT2D eigenvalue weighted by Gasteiger charge is -2.21. The lowest BCUT2D eigenvalue weighted by Crippen LogP contribution is -2.31. The van der Waals surface area contributed by atoms with Gasteiger partial charge in [-0.3, -0.25) is 9.69 Å². The van der Waals surface area contributed by atoms with Gasteiger partial charge in [-0.05, 0) is 43.7 Å². The van der Waals surface area contributed by atoms with E-state index in [1.807, 2.05) is 43.3 Å². The Morgan fingerprint density at radius 3 is 2.63 bits per heavy atom. The van der Waals surface area contributed by atoms with E-state index >= 15 is 0 Å². The highest BCUT2D eigenvalue weighted by Gasteiger charge is 2.18. The summed E-state index contributed by atoms with van der Waals surface area (Å²) in [6.45, 7) is 4.49. The van der Waals surface area contributed by atoms with E-state index < -0.39 is 0 Å². The minimum absolute atomic E-state index is 0.0531. The zero-order valence-electron chi connectivity index (χ0n) is 15.3. The third kappa shape index (κ3) is 4.71. The number of amides is 1. The van der Waals surface area contributed by atoms with E-state index in [1.54, 1.807) is 23.2 Å². The first-order chi connectivity index (χ1) is 13.1. The highest BCUT2D eigenvalue weighted by Crippen LogP contribution is 2.20. The van der Waals surface area contributed by atoms with Crippen LogP contribution in [0.25, 0.3) is 0 Å². The molecule has 0 aliphatic heterocycles. The fourth-order valence-corrected chi connectivity index (χ4v) is 3.17. The molecule has 138 valence electrons. The Bertz CT molecular complexity index is 917. The summed E-state index contributed by atoms with van der Waals surface area (Å²) in [6.07, 6.45) is 1.67. The third-order valence-electron chi connectivity index (χ3n) is 4.20. The Kier molecular flexibility index (Phi) is 6.19. The summed E-state index contributed by atoms with van der Waals surface area (Å²) >= 11 is 3.41. The van der Waals surface area contributed by atoms with Crippen LogP contribution in [0.2, 0.25) is 0 Å². The predicted octanol–water partition coefficient (Wildman–Crippen LogP) is 5.08. The second-order valence-corrected chi connectivity index (χ2v) is 6.99. The van der Waals surface area contributed by atoms with E-state index in [0.29, 0.717) is 23.9 Å². The van der Waals surface area contributed by atoms with Crippen molar-refractivity contribution in [2.75, 3.05) is 16.8 Å². The highest BCUT2D eigenvalue weighted by molar-refractivity contribution is 9.10. The lowest BCUT2D eigenvalue weighted by molar-refractivity contribution is 0.0987. The van der Waals surface area contributed by atoms with Gasteiger partial charge in [0.25, 0.3) is 5.91 Å². The molecular formula is C21H21BrN4O. The van der Waals surface area contributed by atoms with E-state index in [4.69, 9.17) is 0 Å². The second-order valence-electron chi connectivity index (χ2n) is 6.07. The third-order valence-corrected chi connectivity index (χ3v) is 4.69. The Morgan fingerprint density at radius 2 is 1.93 bits per heavy atom.